The van der Waals surface area contributed by atoms with E-state index in [2.05, 4.69) is 32.4 Å². The average Bonchev–Trinajstić information content (AvgIpc) is 3.37. The number of hydrogen-bond donors (Lipinski definition) is 2. The molecule has 7 nitrogen and oxygen atoms in total. The van der Waals surface area contributed by atoms with Gasteiger partial charge in [-0.25, -0.2) is 4.98 Å². The molecule has 0 radical (unpaired) electrons. The van der Waals surface area contributed by atoms with E-state index in [-0.39, 0.29) is 6.10 Å². The van der Waals surface area contributed by atoms with Crippen LogP contribution >= 0.6 is 0 Å². The molecule has 0 aliphatic carbocycles. The fraction of sp³-hybridized carbons (Fsp3) is 0.500. The summed E-state index contributed by atoms with van der Waals surface area (Å²) in [7, 11) is 3.77. The molecule has 2 aromatic rings. The molecule has 0 amide bonds. The number of rotatable bonds is 8. The number of H-pyrrole nitrogens is 1. The highest BCUT2D eigenvalue weighted by Gasteiger charge is 2.15. The lowest BCUT2D eigenvalue weighted by molar-refractivity contribution is 0.0190. The zero-order valence-electron chi connectivity index (χ0n) is 16.1. The van der Waals surface area contributed by atoms with Crippen molar-refractivity contribution in [3.8, 4) is 11.3 Å². The molecule has 1 saturated heterocycles. The van der Waals surface area contributed by atoms with Gasteiger partial charge in [-0.15, -0.1) is 0 Å². The van der Waals surface area contributed by atoms with Gasteiger partial charge in [-0.05, 0) is 18.4 Å². The summed E-state index contributed by atoms with van der Waals surface area (Å²) in [4.78, 5) is 14.2. The van der Waals surface area contributed by atoms with Crippen LogP contribution in [0.3, 0.4) is 0 Å². The van der Waals surface area contributed by atoms with Crippen LogP contribution < -0.4 is 5.32 Å². The van der Waals surface area contributed by atoms with Gasteiger partial charge in [-0.1, -0.05) is 30.3 Å². The van der Waals surface area contributed by atoms with Crippen molar-refractivity contribution >= 4 is 5.96 Å². The minimum absolute atomic E-state index is 0.268. The third kappa shape index (κ3) is 5.80. The Balaban J connectivity index is 1.42. The maximum Gasteiger partial charge on any atom is 0.193 e. The van der Waals surface area contributed by atoms with Gasteiger partial charge in [-0.2, -0.15) is 0 Å². The van der Waals surface area contributed by atoms with Gasteiger partial charge in [-0.3, -0.25) is 4.99 Å². The van der Waals surface area contributed by atoms with Crippen molar-refractivity contribution < 1.29 is 9.47 Å². The molecule has 3 rings (SSSR count). The predicted octanol–water partition coefficient (Wildman–Crippen LogP) is 2.28. The maximum absolute atomic E-state index is 5.68. The molecule has 1 aliphatic rings. The number of ether oxygens (including phenoxy) is 2. The molecule has 7 heteroatoms. The minimum atomic E-state index is 0.268. The molecule has 2 heterocycles. The third-order valence-electron chi connectivity index (χ3n) is 4.53. The number of aromatic nitrogens is 2. The summed E-state index contributed by atoms with van der Waals surface area (Å²) in [5.41, 5.74) is 2.15. The largest absolute Gasteiger partial charge is 0.377 e. The van der Waals surface area contributed by atoms with Crippen molar-refractivity contribution in [1.29, 1.82) is 0 Å². The van der Waals surface area contributed by atoms with Gasteiger partial charge in [0.1, 0.15) is 5.82 Å². The van der Waals surface area contributed by atoms with Crippen molar-refractivity contribution in [2.24, 2.45) is 4.99 Å². The van der Waals surface area contributed by atoms with E-state index in [4.69, 9.17) is 9.47 Å². The lowest BCUT2D eigenvalue weighted by atomic mass is 10.2. The maximum atomic E-state index is 5.68. The first kappa shape index (κ1) is 19.4. The molecule has 1 aliphatic heterocycles. The first-order chi connectivity index (χ1) is 13.3. The number of imidazole rings is 1. The second-order valence-electron chi connectivity index (χ2n) is 6.65. The highest BCUT2D eigenvalue weighted by atomic mass is 16.5. The SMILES string of the molecule is CN=C(NCCOCC1CCCO1)N(C)Cc1ncc(-c2ccccc2)[nH]1. The molecule has 0 bridgehead atoms. The molecule has 1 aromatic heterocycles. The second kappa shape index (κ2) is 10.1. The van der Waals surface area contributed by atoms with Crippen LogP contribution in [0.1, 0.15) is 18.7 Å². The average molecular weight is 371 g/mol. The Hall–Kier alpha value is -2.38. The Morgan fingerprint density at radius 3 is 3.00 bits per heavy atom. The van der Waals surface area contributed by atoms with E-state index in [0.717, 1.165) is 42.5 Å². The van der Waals surface area contributed by atoms with E-state index in [0.29, 0.717) is 26.3 Å². The van der Waals surface area contributed by atoms with Gasteiger partial charge in [0.2, 0.25) is 0 Å². The van der Waals surface area contributed by atoms with Crippen LogP contribution in [-0.4, -0.2) is 67.4 Å². The Morgan fingerprint density at radius 1 is 1.41 bits per heavy atom. The summed E-state index contributed by atoms with van der Waals surface area (Å²) < 4.78 is 11.2. The normalized spacial score (nSPS) is 17.3. The Kier molecular flexibility index (Phi) is 7.24. The van der Waals surface area contributed by atoms with Crippen LogP contribution in [-0.2, 0) is 16.0 Å². The van der Waals surface area contributed by atoms with Gasteiger partial charge in [0.25, 0.3) is 0 Å². The van der Waals surface area contributed by atoms with E-state index in [1.54, 1.807) is 7.05 Å². The van der Waals surface area contributed by atoms with Crippen molar-refractivity contribution in [3.05, 3.63) is 42.4 Å². The molecule has 2 N–H and O–H groups in total. The molecule has 27 heavy (non-hydrogen) atoms. The zero-order valence-corrected chi connectivity index (χ0v) is 16.1. The van der Waals surface area contributed by atoms with E-state index in [1.807, 2.05) is 36.3 Å². The predicted molar refractivity (Wildman–Crippen MR) is 107 cm³/mol. The summed E-state index contributed by atoms with van der Waals surface area (Å²) in [5, 5.41) is 3.32. The number of hydrogen-bond acceptors (Lipinski definition) is 4. The lowest BCUT2D eigenvalue weighted by Gasteiger charge is -2.21. The molecule has 146 valence electrons. The Labute approximate surface area is 160 Å². The number of aromatic amines is 1. The number of aliphatic imine (C=N–C) groups is 1. The summed E-state index contributed by atoms with van der Waals surface area (Å²) in [6.07, 6.45) is 4.38. The molecular weight excluding hydrogens is 342 g/mol. The van der Waals surface area contributed by atoms with Crippen LogP contribution in [0.4, 0.5) is 0 Å². The van der Waals surface area contributed by atoms with E-state index < -0.39 is 0 Å². The molecular formula is C20H29N5O2. The molecule has 1 fully saturated rings. The van der Waals surface area contributed by atoms with Gasteiger partial charge in [0.15, 0.2) is 5.96 Å². The van der Waals surface area contributed by atoms with Crippen molar-refractivity contribution in [2.75, 3.05) is 40.5 Å². The van der Waals surface area contributed by atoms with Crippen LogP contribution in [0.5, 0.6) is 0 Å². The fourth-order valence-electron chi connectivity index (χ4n) is 3.12. The number of benzene rings is 1. The topological polar surface area (TPSA) is 74.8 Å². The van der Waals surface area contributed by atoms with Gasteiger partial charge < -0.3 is 24.7 Å². The van der Waals surface area contributed by atoms with E-state index in [9.17, 15) is 0 Å². The van der Waals surface area contributed by atoms with Crippen LogP contribution in [0.25, 0.3) is 11.3 Å². The van der Waals surface area contributed by atoms with Crippen LogP contribution in [0.15, 0.2) is 41.5 Å². The Morgan fingerprint density at radius 2 is 2.26 bits per heavy atom. The van der Waals surface area contributed by atoms with Crippen LogP contribution in [0, 0.1) is 0 Å². The van der Waals surface area contributed by atoms with Gasteiger partial charge in [0.05, 0.1) is 37.8 Å². The monoisotopic (exact) mass is 371 g/mol. The van der Waals surface area contributed by atoms with E-state index >= 15 is 0 Å². The molecule has 0 saturated carbocycles. The van der Waals surface area contributed by atoms with Gasteiger partial charge >= 0.3 is 0 Å². The number of nitrogens with one attached hydrogen (secondary N) is 2. The smallest absolute Gasteiger partial charge is 0.193 e. The van der Waals surface area contributed by atoms with Crippen LogP contribution in [0.2, 0.25) is 0 Å². The first-order valence-electron chi connectivity index (χ1n) is 9.46. The van der Waals surface area contributed by atoms with Crippen molar-refractivity contribution in [2.45, 2.75) is 25.5 Å². The lowest BCUT2D eigenvalue weighted by Crippen LogP contribution is -2.40. The number of guanidine groups is 1. The summed E-state index contributed by atoms with van der Waals surface area (Å²) >= 11 is 0. The van der Waals surface area contributed by atoms with Gasteiger partial charge in [0, 0.05) is 27.2 Å². The molecule has 1 aromatic carbocycles. The summed E-state index contributed by atoms with van der Waals surface area (Å²) in [5.74, 6) is 1.71. The second-order valence-corrected chi connectivity index (χ2v) is 6.65. The minimum Gasteiger partial charge on any atom is -0.377 e. The summed E-state index contributed by atoms with van der Waals surface area (Å²) in [6, 6.07) is 10.2. The Bertz CT molecular complexity index is 710. The summed E-state index contributed by atoms with van der Waals surface area (Å²) in [6.45, 7) is 3.51. The zero-order chi connectivity index (χ0) is 18.9. The molecule has 1 unspecified atom stereocenters. The standard InChI is InChI=1S/C20H29N5O2/c1-21-20(22-10-12-26-15-17-9-6-11-27-17)25(2)14-19-23-13-18(24-19)16-7-4-3-5-8-16/h3-5,7-8,13,17H,6,9-12,14-15H2,1-2H3,(H,21,22)(H,23,24). The quantitative estimate of drug-likeness (QED) is 0.423. The highest BCUT2D eigenvalue weighted by molar-refractivity contribution is 5.79. The molecule has 0 spiro atoms. The van der Waals surface area contributed by atoms with Crippen molar-refractivity contribution in [3.63, 3.8) is 0 Å². The van der Waals surface area contributed by atoms with E-state index in [1.165, 1.54) is 0 Å². The first-order valence-corrected chi connectivity index (χ1v) is 9.46. The highest BCUT2D eigenvalue weighted by Crippen LogP contribution is 2.16. The van der Waals surface area contributed by atoms with Crippen molar-refractivity contribution in [1.82, 2.24) is 20.2 Å². The third-order valence-corrected chi connectivity index (χ3v) is 4.53. The molecule has 1 atom stereocenters. The number of nitrogens with zero attached hydrogens (tertiary/aromatic N) is 3. The fourth-order valence-corrected chi connectivity index (χ4v) is 3.12.